The molecule has 0 aliphatic heterocycles. The lowest BCUT2D eigenvalue weighted by Gasteiger charge is -2.15. The number of alkyl halides is 3. The van der Waals surface area contributed by atoms with Crippen molar-refractivity contribution in [2.75, 3.05) is 5.32 Å². The largest absolute Gasteiger partial charge is 0.455 e. The van der Waals surface area contributed by atoms with Crippen LogP contribution < -0.4 is 10.6 Å². The van der Waals surface area contributed by atoms with Crippen molar-refractivity contribution >= 4 is 52.3 Å². The number of tetrazole rings is 1. The Morgan fingerprint density at radius 2 is 1.70 bits per heavy atom. The maximum Gasteiger partial charge on any atom is 0.455 e. The maximum atomic E-state index is 13.7. The van der Waals surface area contributed by atoms with Crippen LogP contribution in [0.2, 0.25) is 15.1 Å². The van der Waals surface area contributed by atoms with E-state index >= 15 is 0 Å². The molecule has 0 aliphatic carbocycles. The Balaban J connectivity index is 1.46. The summed E-state index contributed by atoms with van der Waals surface area (Å²) in [5.41, 5.74) is 1.53. The molecule has 0 saturated heterocycles. The van der Waals surface area contributed by atoms with E-state index in [1.54, 1.807) is 43.3 Å². The second-order valence-corrected chi connectivity index (χ2v) is 10.6. The van der Waals surface area contributed by atoms with Crippen molar-refractivity contribution < 1.29 is 22.8 Å². The van der Waals surface area contributed by atoms with Gasteiger partial charge in [-0.3, -0.25) is 9.59 Å². The van der Waals surface area contributed by atoms with Crippen LogP contribution in [-0.2, 0) is 19.3 Å². The predicted octanol–water partition coefficient (Wildman–Crippen LogP) is 5.77. The molecule has 0 atom stereocenters. The highest BCUT2D eigenvalue weighted by Crippen LogP contribution is 2.28. The fourth-order valence-electron chi connectivity index (χ4n) is 4.08. The lowest BCUT2D eigenvalue weighted by molar-refractivity contribution is -0.145. The molecule has 3 heterocycles. The van der Waals surface area contributed by atoms with Crippen molar-refractivity contribution in [1.82, 2.24) is 40.3 Å². The monoisotopic (exact) mass is 663 g/mol. The van der Waals surface area contributed by atoms with Gasteiger partial charge in [-0.05, 0) is 65.7 Å². The highest BCUT2D eigenvalue weighted by atomic mass is 35.5. The number of benzene rings is 2. The van der Waals surface area contributed by atoms with E-state index in [1.165, 1.54) is 24.4 Å². The van der Waals surface area contributed by atoms with Crippen LogP contribution >= 0.6 is 34.8 Å². The highest BCUT2D eigenvalue weighted by Gasteiger charge is 2.37. The topological polar surface area (TPSA) is 133 Å². The molecule has 0 aliphatic rings. The third-order valence-corrected chi connectivity index (χ3v) is 6.86. The van der Waals surface area contributed by atoms with Gasteiger partial charge in [-0.25, -0.2) is 9.67 Å². The van der Waals surface area contributed by atoms with Gasteiger partial charge in [-0.15, -0.1) is 10.2 Å². The van der Waals surface area contributed by atoms with Crippen LogP contribution in [0.15, 0.2) is 60.8 Å². The SMILES string of the molecule is Cc1cc(Cl)cc(C(=O)NCc2ccc(Cl)cc2)c1NC(=O)c1cc(Cn2nnc(C(F)(F)F)n2)nn1-c1ncccc1Cl. The highest BCUT2D eigenvalue weighted by molar-refractivity contribution is 6.32. The van der Waals surface area contributed by atoms with Crippen LogP contribution in [0.25, 0.3) is 5.82 Å². The molecule has 0 bridgehead atoms. The van der Waals surface area contributed by atoms with Gasteiger partial charge in [0, 0.05) is 22.8 Å². The number of anilines is 1. The van der Waals surface area contributed by atoms with Gasteiger partial charge in [-0.1, -0.05) is 46.9 Å². The first-order valence-electron chi connectivity index (χ1n) is 12.6. The Kier molecular flexibility index (Phi) is 8.85. The molecule has 0 saturated carbocycles. The zero-order valence-corrected chi connectivity index (χ0v) is 24.7. The number of aryl methyl sites for hydroxylation is 1. The summed E-state index contributed by atoms with van der Waals surface area (Å²) in [6.07, 6.45) is -3.37. The van der Waals surface area contributed by atoms with Gasteiger partial charge in [0.05, 0.1) is 22.0 Å². The molecule has 226 valence electrons. The second kappa shape index (κ2) is 12.6. The van der Waals surface area contributed by atoms with E-state index < -0.39 is 23.8 Å². The molecule has 5 rings (SSSR count). The Labute approximate surface area is 261 Å². The molecule has 0 fully saturated rings. The summed E-state index contributed by atoms with van der Waals surface area (Å²) in [5.74, 6) is -2.60. The third kappa shape index (κ3) is 6.98. The van der Waals surface area contributed by atoms with E-state index in [4.69, 9.17) is 34.8 Å². The van der Waals surface area contributed by atoms with Gasteiger partial charge in [0.15, 0.2) is 5.82 Å². The van der Waals surface area contributed by atoms with E-state index in [1.807, 2.05) is 0 Å². The first-order chi connectivity index (χ1) is 20.9. The molecule has 0 radical (unpaired) electrons. The number of halogens is 6. The number of hydrogen-bond acceptors (Lipinski definition) is 7. The average molecular weight is 665 g/mol. The minimum absolute atomic E-state index is 0.0712. The number of rotatable bonds is 8. The molecule has 2 aromatic carbocycles. The smallest absolute Gasteiger partial charge is 0.348 e. The Hall–Kier alpha value is -4.53. The number of pyridine rings is 1. The fourth-order valence-corrected chi connectivity index (χ4v) is 4.68. The number of aromatic nitrogens is 7. The second-order valence-electron chi connectivity index (χ2n) is 9.29. The quantitative estimate of drug-likeness (QED) is 0.215. The summed E-state index contributed by atoms with van der Waals surface area (Å²) in [7, 11) is 0. The van der Waals surface area contributed by atoms with Crippen molar-refractivity contribution in [3.8, 4) is 5.82 Å². The Bertz CT molecular complexity index is 1860. The number of nitrogens with zero attached hydrogens (tertiary/aromatic N) is 7. The Morgan fingerprint density at radius 1 is 0.955 bits per heavy atom. The lowest BCUT2D eigenvalue weighted by atomic mass is 10.1. The third-order valence-electron chi connectivity index (χ3n) is 6.09. The van der Waals surface area contributed by atoms with Crippen molar-refractivity contribution in [3.05, 3.63) is 110 Å². The van der Waals surface area contributed by atoms with Crippen molar-refractivity contribution in [3.63, 3.8) is 0 Å². The summed E-state index contributed by atoms with van der Waals surface area (Å²) in [6, 6.07) is 14.3. The van der Waals surface area contributed by atoms with Crippen LogP contribution in [0.1, 0.15) is 43.5 Å². The van der Waals surface area contributed by atoms with Crippen LogP contribution in [0, 0.1) is 6.92 Å². The minimum atomic E-state index is -4.79. The molecule has 2 amide bonds. The van der Waals surface area contributed by atoms with Crippen molar-refractivity contribution in [2.45, 2.75) is 26.2 Å². The molecule has 3 aromatic heterocycles. The number of amides is 2. The number of hydrogen-bond donors (Lipinski definition) is 2. The number of nitrogens with one attached hydrogen (secondary N) is 2. The van der Waals surface area contributed by atoms with Crippen LogP contribution in [0.4, 0.5) is 18.9 Å². The molecule has 2 N–H and O–H groups in total. The summed E-state index contributed by atoms with van der Waals surface area (Å²) in [4.78, 5) is 31.8. The Morgan fingerprint density at radius 3 is 2.39 bits per heavy atom. The average Bonchev–Trinajstić information content (AvgIpc) is 3.62. The van der Waals surface area contributed by atoms with Crippen LogP contribution in [0.3, 0.4) is 0 Å². The summed E-state index contributed by atoms with van der Waals surface area (Å²) < 4.78 is 40.0. The van der Waals surface area contributed by atoms with Crippen molar-refractivity contribution in [1.29, 1.82) is 0 Å². The van der Waals surface area contributed by atoms with Crippen LogP contribution in [0.5, 0.6) is 0 Å². The first-order valence-corrected chi connectivity index (χ1v) is 13.7. The molecule has 0 unspecified atom stereocenters. The normalized spacial score (nSPS) is 11.4. The van der Waals surface area contributed by atoms with E-state index in [0.717, 1.165) is 10.2 Å². The molecule has 0 spiro atoms. The molecular weight excluding hydrogens is 646 g/mol. The minimum Gasteiger partial charge on any atom is -0.348 e. The predicted molar refractivity (Wildman–Crippen MR) is 155 cm³/mol. The van der Waals surface area contributed by atoms with Gasteiger partial charge in [0.25, 0.3) is 17.6 Å². The molecule has 5 aromatic rings. The summed E-state index contributed by atoms with van der Waals surface area (Å²) in [6.45, 7) is 1.47. The lowest BCUT2D eigenvalue weighted by Crippen LogP contribution is -2.26. The fraction of sp³-hybridized carbons (Fsp3) is 0.148. The van der Waals surface area contributed by atoms with Crippen LogP contribution in [-0.4, -0.2) is 46.8 Å². The maximum absolute atomic E-state index is 13.7. The van der Waals surface area contributed by atoms with Gasteiger partial charge in [0.1, 0.15) is 12.2 Å². The van der Waals surface area contributed by atoms with Gasteiger partial charge in [-0.2, -0.15) is 23.1 Å². The summed E-state index contributed by atoms with van der Waals surface area (Å²) >= 11 is 18.5. The molecule has 44 heavy (non-hydrogen) atoms. The first kappa shape index (κ1) is 30.9. The number of carbonyl (C=O) groups is 2. The van der Waals surface area contributed by atoms with Gasteiger partial charge >= 0.3 is 6.18 Å². The van der Waals surface area contributed by atoms with E-state index in [0.29, 0.717) is 15.4 Å². The molecule has 11 nitrogen and oxygen atoms in total. The van der Waals surface area contributed by atoms with Gasteiger partial charge < -0.3 is 10.6 Å². The summed E-state index contributed by atoms with van der Waals surface area (Å²) in [5, 5.41) is 20.6. The van der Waals surface area contributed by atoms with E-state index in [2.05, 4.69) is 36.1 Å². The van der Waals surface area contributed by atoms with Gasteiger partial charge in [0.2, 0.25) is 0 Å². The van der Waals surface area contributed by atoms with E-state index in [-0.39, 0.29) is 51.6 Å². The zero-order valence-electron chi connectivity index (χ0n) is 22.4. The van der Waals surface area contributed by atoms with E-state index in [9.17, 15) is 22.8 Å². The molecule has 17 heteroatoms. The van der Waals surface area contributed by atoms with Crippen molar-refractivity contribution in [2.24, 2.45) is 0 Å². The molecular formula is C27H19Cl3F3N9O2. The zero-order chi connectivity index (χ0) is 31.6. The number of carbonyl (C=O) groups excluding carboxylic acids is 2. The standard InChI is InChI=1S/C27H19Cl3F3N9O2/c1-14-9-17(29)10-19(24(43)35-12-15-4-6-16(28)7-5-15)22(14)36-25(44)21-11-18(13-41-39-26(37-40-41)27(31,32)33)38-42(21)23-20(30)3-2-8-34-23/h2-11H,12-13H2,1H3,(H,35,43)(H,36,44).